The van der Waals surface area contributed by atoms with Gasteiger partial charge in [0.1, 0.15) is 6.54 Å². The van der Waals surface area contributed by atoms with E-state index >= 15 is 0 Å². The number of thiophene rings is 1. The summed E-state index contributed by atoms with van der Waals surface area (Å²) in [6, 6.07) is 9.09. The number of anilines is 1. The molecule has 0 radical (unpaired) electrons. The molecule has 14 heteroatoms. The molecule has 1 fully saturated rings. The number of pyridine rings is 1. The summed E-state index contributed by atoms with van der Waals surface area (Å²) in [5, 5.41) is 11.2. The molecule has 1 saturated heterocycles. The van der Waals surface area contributed by atoms with Crippen LogP contribution in [0, 0.1) is 0 Å². The number of nitrogens with one attached hydrogen (secondary N) is 1. The lowest BCUT2D eigenvalue weighted by atomic mass is 9.91. The first-order valence-electron chi connectivity index (χ1n) is 14.0. The van der Waals surface area contributed by atoms with Crippen molar-refractivity contribution in [3.8, 4) is 11.1 Å². The van der Waals surface area contributed by atoms with E-state index in [0.717, 1.165) is 65.0 Å². The summed E-state index contributed by atoms with van der Waals surface area (Å²) in [5.41, 5.74) is 3.38. The Bertz CT molecular complexity index is 1820. The zero-order valence-electron chi connectivity index (χ0n) is 24.0. The summed E-state index contributed by atoms with van der Waals surface area (Å²) in [6.45, 7) is 4.40. The number of alkyl halides is 3. The van der Waals surface area contributed by atoms with Gasteiger partial charge in [-0.25, -0.2) is 4.79 Å². The Morgan fingerprint density at radius 1 is 1.20 bits per heavy atom. The van der Waals surface area contributed by atoms with Crippen LogP contribution >= 0.6 is 22.9 Å². The molecular weight excluding hydrogens is 619 g/mol. The van der Waals surface area contributed by atoms with Gasteiger partial charge in [-0.3, -0.25) is 23.7 Å². The van der Waals surface area contributed by atoms with Crippen LogP contribution < -0.4 is 21.5 Å². The van der Waals surface area contributed by atoms with Crippen LogP contribution in [0.5, 0.6) is 0 Å². The van der Waals surface area contributed by atoms with Gasteiger partial charge in [0.05, 0.1) is 16.8 Å². The SMILES string of the molecule is CC1(C)C[C@@H](N2CCCc3cc(Cl)cc(-c4ccnc5cc(Cn6c(=O)ccn(CC(F)(F)F)c6=O)sc45)c32)CN1.O=CO. The van der Waals surface area contributed by atoms with Crippen LogP contribution in [-0.2, 0) is 24.3 Å². The predicted molar refractivity (Wildman–Crippen MR) is 165 cm³/mol. The Labute approximate surface area is 259 Å². The number of aryl methyl sites for hydroxylation is 1. The Morgan fingerprint density at radius 3 is 2.64 bits per heavy atom. The number of carbonyl (C=O) groups is 1. The number of halogens is 4. The monoisotopic (exact) mass is 649 g/mol. The van der Waals surface area contributed by atoms with Gasteiger partial charge >= 0.3 is 11.9 Å². The van der Waals surface area contributed by atoms with Crippen molar-refractivity contribution in [2.24, 2.45) is 0 Å². The highest BCUT2D eigenvalue weighted by molar-refractivity contribution is 7.19. The lowest BCUT2D eigenvalue weighted by Gasteiger charge is -2.38. The van der Waals surface area contributed by atoms with Crippen LogP contribution in [0.4, 0.5) is 18.9 Å². The van der Waals surface area contributed by atoms with Crippen LogP contribution in [0.25, 0.3) is 21.3 Å². The fourth-order valence-electron chi connectivity index (χ4n) is 6.10. The van der Waals surface area contributed by atoms with Gasteiger partial charge in [0.2, 0.25) is 0 Å². The smallest absolute Gasteiger partial charge is 0.406 e. The zero-order valence-corrected chi connectivity index (χ0v) is 25.6. The van der Waals surface area contributed by atoms with E-state index in [1.54, 1.807) is 12.3 Å². The Kier molecular flexibility index (Phi) is 8.92. The van der Waals surface area contributed by atoms with E-state index in [-0.39, 0.29) is 18.6 Å². The fraction of sp³-hybridized carbons (Fsp3) is 0.400. The molecule has 44 heavy (non-hydrogen) atoms. The zero-order chi connectivity index (χ0) is 31.8. The van der Waals surface area contributed by atoms with Gasteiger partial charge in [-0.1, -0.05) is 11.6 Å². The number of benzene rings is 1. The molecule has 5 heterocycles. The number of aromatic nitrogens is 3. The van der Waals surface area contributed by atoms with E-state index in [1.807, 2.05) is 18.2 Å². The number of hydrogen-bond donors (Lipinski definition) is 2. The standard InChI is InChI=1S/C29H29ClF3N5O2S.CH2O2/c1-28(2)13-19(14-35-28)37-8-3-4-17-10-18(30)11-22(25(17)37)21-5-7-34-23-12-20(41-26(21)23)15-38-24(39)6-9-36(27(38)40)16-29(31,32)33;2-1-3/h5-7,9-12,19,35H,3-4,8,13-16H2,1-2H3;1H,(H,2,3)/t19-;/m1./s1. The highest BCUT2D eigenvalue weighted by Crippen LogP contribution is 2.45. The quantitative estimate of drug-likeness (QED) is 0.288. The largest absolute Gasteiger partial charge is 0.483 e. The van der Waals surface area contributed by atoms with E-state index in [4.69, 9.17) is 21.5 Å². The maximum Gasteiger partial charge on any atom is 0.406 e. The Balaban J connectivity index is 0.00000123. The van der Waals surface area contributed by atoms with Crippen molar-refractivity contribution in [2.45, 2.75) is 64.0 Å². The molecule has 1 atom stereocenters. The number of nitrogens with zero attached hydrogens (tertiary/aromatic N) is 4. The van der Waals surface area contributed by atoms with Crippen molar-refractivity contribution in [1.82, 2.24) is 19.4 Å². The molecule has 4 aromatic rings. The maximum absolute atomic E-state index is 13.0. The van der Waals surface area contributed by atoms with Gasteiger partial charge in [0.15, 0.2) is 0 Å². The van der Waals surface area contributed by atoms with Gasteiger partial charge in [0, 0.05) is 69.8 Å². The molecule has 234 valence electrons. The van der Waals surface area contributed by atoms with Crippen molar-refractivity contribution >= 4 is 45.3 Å². The molecule has 9 nitrogen and oxygen atoms in total. The first-order valence-corrected chi connectivity index (χ1v) is 15.2. The lowest BCUT2D eigenvalue weighted by Crippen LogP contribution is -2.41. The molecule has 2 N–H and O–H groups in total. The minimum absolute atomic E-state index is 0.0512. The summed E-state index contributed by atoms with van der Waals surface area (Å²) in [4.78, 5) is 41.3. The third kappa shape index (κ3) is 6.69. The van der Waals surface area contributed by atoms with E-state index < -0.39 is 24.0 Å². The highest BCUT2D eigenvalue weighted by atomic mass is 35.5. The van der Waals surface area contributed by atoms with Crippen molar-refractivity contribution in [3.63, 3.8) is 0 Å². The summed E-state index contributed by atoms with van der Waals surface area (Å²) in [7, 11) is 0. The number of carboxylic acid groups (broad SMARTS) is 1. The average molecular weight is 650 g/mol. The van der Waals surface area contributed by atoms with Gasteiger partial charge < -0.3 is 15.3 Å². The Morgan fingerprint density at radius 2 is 1.95 bits per heavy atom. The van der Waals surface area contributed by atoms with Crippen LogP contribution in [0.1, 0.15) is 37.1 Å². The number of hydrogen-bond acceptors (Lipinski definition) is 7. The highest BCUT2D eigenvalue weighted by Gasteiger charge is 2.37. The second-order valence-corrected chi connectivity index (χ2v) is 13.1. The maximum atomic E-state index is 13.0. The molecule has 3 aromatic heterocycles. The van der Waals surface area contributed by atoms with Crippen LogP contribution in [0.15, 0.2) is 52.3 Å². The molecule has 2 aliphatic heterocycles. The molecule has 2 aliphatic rings. The van der Waals surface area contributed by atoms with Crippen molar-refractivity contribution in [1.29, 1.82) is 0 Å². The van der Waals surface area contributed by atoms with Crippen LogP contribution in [0.2, 0.25) is 5.02 Å². The summed E-state index contributed by atoms with van der Waals surface area (Å²) < 4.78 is 41.1. The summed E-state index contributed by atoms with van der Waals surface area (Å²) in [5.74, 6) is 0. The minimum Gasteiger partial charge on any atom is -0.483 e. The van der Waals surface area contributed by atoms with Crippen LogP contribution in [-0.4, -0.2) is 56.5 Å². The average Bonchev–Trinajstić information content (AvgIpc) is 3.53. The van der Waals surface area contributed by atoms with E-state index in [1.165, 1.54) is 22.6 Å². The third-order valence-corrected chi connectivity index (χ3v) is 9.21. The van der Waals surface area contributed by atoms with Crippen molar-refractivity contribution in [3.05, 3.63) is 79.0 Å². The molecule has 0 unspecified atom stereocenters. The first-order chi connectivity index (χ1) is 20.8. The molecule has 0 bridgehead atoms. The molecular formula is C30H31ClF3N5O4S. The van der Waals surface area contributed by atoms with Crippen molar-refractivity contribution in [2.75, 3.05) is 18.0 Å². The summed E-state index contributed by atoms with van der Waals surface area (Å²) in [6.07, 6.45) is 0.996. The van der Waals surface area contributed by atoms with Gasteiger partial charge in [-0.15, -0.1) is 11.3 Å². The summed E-state index contributed by atoms with van der Waals surface area (Å²) >= 11 is 8.02. The van der Waals surface area contributed by atoms with Crippen molar-refractivity contribution < 1.29 is 23.1 Å². The van der Waals surface area contributed by atoms with Gasteiger partial charge in [-0.05, 0) is 62.9 Å². The molecule has 0 spiro atoms. The van der Waals surface area contributed by atoms with Crippen LogP contribution in [0.3, 0.4) is 0 Å². The third-order valence-electron chi connectivity index (χ3n) is 7.85. The molecule has 6 rings (SSSR count). The molecule has 0 saturated carbocycles. The molecule has 0 amide bonds. The van der Waals surface area contributed by atoms with E-state index in [9.17, 15) is 22.8 Å². The molecule has 1 aromatic carbocycles. The Hall–Kier alpha value is -3.68. The number of rotatable bonds is 5. The first kappa shape index (κ1) is 31.7. The topological polar surface area (TPSA) is 109 Å². The fourth-order valence-corrected chi connectivity index (χ4v) is 7.48. The van der Waals surface area contributed by atoms with Gasteiger partial charge in [0.25, 0.3) is 12.0 Å². The second-order valence-electron chi connectivity index (χ2n) is 11.5. The number of fused-ring (bicyclic) bond motifs is 2. The normalized spacial score (nSPS) is 17.7. The second kappa shape index (κ2) is 12.4. The van der Waals surface area contributed by atoms with E-state index in [0.29, 0.717) is 26.0 Å². The predicted octanol–water partition coefficient (Wildman–Crippen LogP) is 5.14. The minimum atomic E-state index is -4.59. The van der Waals surface area contributed by atoms with Gasteiger partial charge in [-0.2, -0.15) is 13.2 Å². The lowest BCUT2D eigenvalue weighted by molar-refractivity contribution is -0.141. The molecule has 0 aliphatic carbocycles. The van der Waals surface area contributed by atoms with E-state index in [2.05, 4.69) is 29.0 Å².